The third-order valence-electron chi connectivity index (χ3n) is 3.90. The Morgan fingerprint density at radius 3 is 2.61 bits per heavy atom. The Labute approximate surface area is 161 Å². The second-order valence-corrected chi connectivity index (χ2v) is 5.95. The van der Waals surface area contributed by atoms with E-state index in [0.29, 0.717) is 28.3 Å². The van der Waals surface area contributed by atoms with Crippen LogP contribution in [0, 0.1) is 5.82 Å². The molecule has 0 aliphatic rings. The van der Waals surface area contributed by atoms with Crippen LogP contribution in [0.5, 0.6) is 0 Å². The third-order valence-corrected chi connectivity index (χ3v) is 3.90. The van der Waals surface area contributed by atoms with Crippen molar-refractivity contribution in [3.8, 4) is 0 Å². The van der Waals surface area contributed by atoms with Crippen molar-refractivity contribution in [3.05, 3.63) is 83.8 Å². The van der Waals surface area contributed by atoms with Crippen LogP contribution in [0.3, 0.4) is 0 Å². The van der Waals surface area contributed by atoms with Crippen LogP contribution < -0.4 is 10.6 Å². The Kier molecular flexibility index (Phi) is 5.96. The molecule has 0 spiro atoms. The van der Waals surface area contributed by atoms with Crippen molar-refractivity contribution in [1.29, 1.82) is 0 Å². The fourth-order valence-corrected chi connectivity index (χ4v) is 2.60. The van der Waals surface area contributed by atoms with Crippen molar-refractivity contribution < 1.29 is 18.7 Å². The van der Waals surface area contributed by atoms with E-state index >= 15 is 0 Å². The highest BCUT2D eigenvalue weighted by atomic mass is 19.1. The zero-order chi connectivity index (χ0) is 19.9. The van der Waals surface area contributed by atoms with Gasteiger partial charge in [0.1, 0.15) is 11.6 Å². The Morgan fingerprint density at radius 2 is 1.89 bits per heavy atom. The lowest BCUT2D eigenvalue weighted by molar-refractivity contribution is -0.115. The molecular weight excluding hydrogens is 361 g/mol. The normalized spacial score (nSPS) is 10.2. The van der Waals surface area contributed by atoms with Gasteiger partial charge < -0.3 is 15.4 Å². The monoisotopic (exact) mass is 379 g/mol. The van der Waals surface area contributed by atoms with Crippen LogP contribution in [0.1, 0.15) is 15.9 Å². The molecule has 0 aliphatic heterocycles. The molecule has 3 aromatic rings. The van der Waals surface area contributed by atoms with Gasteiger partial charge in [-0.05, 0) is 42.0 Å². The average Bonchev–Trinajstić information content (AvgIpc) is 2.69. The molecule has 6 nitrogen and oxygen atoms in total. The molecule has 7 heteroatoms. The Morgan fingerprint density at radius 1 is 1.07 bits per heavy atom. The summed E-state index contributed by atoms with van der Waals surface area (Å²) in [6.45, 7) is 0. The van der Waals surface area contributed by atoms with Gasteiger partial charge in [0.2, 0.25) is 5.91 Å². The first-order chi connectivity index (χ1) is 13.5. The maximum Gasteiger partial charge on any atom is 0.339 e. The molecule has 0 atom stereocenters. The fraction of sp³-hybridized carbons (Fsp3) is 0.0952. The van der Waals surface area contributed by atoms with Crippen molar-refractivity contribution >= 4 is 29.1 Å². The van der Waals surface area contributed by atoms with E-state index < -0.39 is 5.97 Å². The van der Waals surface area contributed by atoms with Crippen LogP contribution >= 0.6 is 0 Å². The minimum atomic E-state index is -0.454. The number of amides is 1. The lowest BCUT2D eigenvalue weighted by Gasteiger charge is -2.11. The van der Waals surface area contributed by atoms with E-state index in [1.54, 1.807) is 48.5 Å². The number of ether oxygens (including phenoxy) is 1. The SMILES string of the molecule is COC(=O)c1ccccc1Nc1ccc(NC(=O)Cc2cccc(F)c2)cn1. The molecule has 0 bridgehead atoms. The first-order valence-electron chi connectivity index (χ1n) is 8.50. The standard InChI is InChI=1S/C21H18FN3O3/c1-28-21(27)17-7-2-3-8-18(17)25-19-10-9-16(13-23-19)24-20(26)12-14-5-4-6-15(22)11-14/h2-11,13H,12H2,1H3,(H,23,25)(H,24,26). The van der Waals surface area contributed by atoms with Crippen LogP contribution in [-0.4, -0.2) is 24.0 Å². The molecule has 0 saturated carbocycles. The number of hydrogen-bond donors (Lipinski definition) is 2. The number of rotatable bonds is 6. The minimum Gasteiger partial charge on any atom is -0.465 e. The van der Waals surface area contributed by atoms with E-state index in [1.807, 2.05) is 0 Å². The third kappa shape index (κ3) is 4.91. The molecule has 142 valence electrons. The Bertz CT molecular complexity index is 990. The summed E-state index contributed by atoms with van der Waals surface area (Å²) in [5.41, 5.74) is 2.04. The van der Waals surface area contributed by atoms with Crippen LogP contribution in [0.4, 0.5) is 21.6 Å². The summed E-state index contributed by atoms with van der Waals surface area (Å²) in [5.74, 6) is -0.609. The van der Waals surface area contributed by atoms with Crippen LogP contribution in [-0.2, 0) is 16.0 Å². The largest absolute Gasteiger partial charge is 0.465 e. The minimum absolute atomic E-state index is 0.0598. The first-order valence-corrected chi connectivity index (χ1v) is 8.50. The summed E-state index contributed by atoms with van der Waals surface area (Å²) in [6.07, 6.45) is 1.55. The molecule has 2 N–H and O–H groups in total. The van der Waals surface area contributed by atoms with Crippen LogP contribution in [0.25, 0.3) is 0 Å². The fourth-order valence-electron chi connectivity index (χ4n) is 2.60. The van der Waals surface area contributed by atoms with Gasteiger partial charge in [-0.3, -0.25) is 4.79 Å². The Balaban J connectivity index is 1.64. The summed E-state index contributed by atoms with van der Waals surface area (Å²) < 4.78 is 18.0. The van der Waals surface area contributed by atoms with E-state index in [4.69, 9.17) is 4.74 Å². The number of esters is 1. The number of nitrogens with zero attached hydrogens (tertiary/aromatic N) is 1. The molecule has 1 heterocycles. The molecule has 0 unspecified atom stereocenters. The molecule has 1 aromatic heterocycles. The van der Waals surface area contributed by atoms with E-state index in [1.165, 1.54) is 25.4 Å². The van der Waals surface area contributed by atoms with Crippen molar-refractivity contribution in [1.82, 2.24) is 4.98 Å². The molecular formula is C21H18FN3O3. The number of nitrogens with one attached hydrogen (secondary N) is 2. The highest BCUT2D eigenvalue weighted by Gasteiger charge is 2.11. The van der Waals surface area contributed by atoms with Gasteiger partial charge in [-0.1, -0.05) is 24.3 Å². The van der Waals surface area contributed by atoms with Gasteiger partial charge in [0, 0.05) is 0 Å². The van der Waals surface area contributed by atoms with Crippen LogP contribution in [0.2, 0.25) is 0 Å². The molecule has 0 saturated heterocycles. The lowest BCUT2D eigenvalue weighted by atomic mass is 10.1. The smallest absolute Gasteiger partial charge is 0.339 e. The van der Waals surface area contributed by atoms with E-state index in [-0.39, 0.29) is 18.1 Å². The van der Waals surface area contributed by atoms with Crippen molar-refractivity contribution in [2.24, 2.45) is 0 Å². The topological polar surface area (TPSA) is 80.3 Å². The zero-order valence-corrected chi connectivity index (χ0v) is 15.1. The first kappa shape index (κ1) is 19.0. The van der Waals surface area contributed by atoms with E-state index in [9.17, 15) is 14.0 Å². The van der Waals surface area contributed by atoms with Gasteiger partial charge in [-0.25, -0.2) is 14.2 Å². The van der Waals surface area contributed by atoms with Gasteiger partial charge in [0.25, 0.3) is 0 Å². The van der Waals surface area contributed by atoms with E-state index in [0.717, 1.165) is 0 Å². The molecule has 0 fully saturated rings. The summed E-state index contributed by atoms with van der Waals surface area (Å²) in [5, 5.41) is 5.76. The number of methoxy groups -OCH3 is 1. The molecule has 0 radical (unpaired) electrons. The molecule has 0 aliphatic carbocycles. The highest BCUT2D eigenvalue weighted by molar-refractivity contribution is 5.96. The quantitative estimate of drug-likeness (QED) is 0.635. The highest BCUT2D eigenvalue weighted by Crippen LogP contribution is 2.21. The summed E-state index contributed by atoms with van der Waals surface area (Å²) in [4.78, 5) is 28.1. The average molecular weight is 379 g/mol. The summed E-state index contributed by atoms with van der Waals surface area (Å²) >= 11 is 0. The van der Waals surface area contributed by atoms with Crippen LogP contribution in [0.15, 0.2) is 66.9 Å². The second kappa shape index (κ2) is 8.77. The number of aromatic nitrogens is 1. The number of hydrogen-bond acceptors (Lipinski definition) is 5. The summed E-state index contributed by atoms with van der Waals surface area (Å²) in [6, 6.07) is 16.2. The molecule has 1 amide bonds. The second-order valence-electron chi connectivity index (χ2n) is 5.95. The van der Waals surface area contributed by atoms with Gasteiger partial charge >= 0.3 is 5.97 Å². The maximum atomic E-state index is 13.2. The summed E-state index contributed by atoms with van der Waals surface area (Å²) in [7, 11) is 1.32. The number of carbonyl (C=O) groups excluding carboxylic acids is 2. The number of carbonyl (C=O) groups is 2. The predicted molar refractivity (Wildman–Crippen MR) is 104 cm³/mol. The zero-order valence-electron chi connectivity index (χ0n) is 15.1. The predicted octanol–water partition coefficient (Wildman–Crippen LogP) is 3.93. The van der Waals surface area contributed by atoms with Crippen molar-refractivity contribution in [3.63, 3.8) is 0 Å². The molecule has 2 aromatic carbocycles. The van der Waals surface area contributed by atoms with Gasteiger partial charge in [0.15, 0.2) is 0 Å². The Hall–Kier alpha value is -3.74. The number of anilines is 3. The lowest BCUT2D eigenvalue weighted by Crippen LogP contribution is -2.14. The van der Waals surface area contributed by atoms with Crippen molar-refractivity contribution in [2.45, 2.75) is 6.42 Å². The number of benzene rings is 2. The van der Waals surface area contributed by atoms with Crippen molar-refractivity contribution in [2.75, 3.05) is 17.7 Å². The van der Waals surface area contributed by atoms with Gasteiger partial charge in [-0.2, -0.15) is 0 Å². The molecule has 28 heavy (non-hydrogen) atoms. The number of para-hydroxylation sites is 1. The maximum absolute atomic E-state index is 13.2. The number of pyridine rings is 1. The molecule has 3 rings (SSSR count). The van der Waals surface area contributed by atoms with Gasteiger partial charge in [0.05, 0.1) is 36.7 Å². The van der Waals surface area contributed by atoms with E-state index in [2.05, 4.69) is 15.6 Å². The number of halogens is 1. The van der Waals surface area contributed by atoms with Gasteiger partial charge in [-0.15, -0.1) is 0 Å².